The number of hydrogen-bond donors (Lipinski definition) is 4. The Balaban J connectivity index is 3.57. The maximum Gasteiger partial charge on any atom is 0.249 e. The van der Waals surface area contributed by atoms with Crippen molar-refractivity contribution in [1.82, 2.24) is 5.32 Å². The molecular formula is C61H117NO4. The lowest BCUT2D eigenvalue weighted by molar-refractivity contribution is -0.131. The molecule has 390 valence electrons. The smallest absolute Gasteiger partial charge is 0.249 e. The second-order valence-corrected chi connectivity index (χ2v) is 20.5. The molecule has 0 saturated heterocycles. The Morgan fingerprint density at radius 1 is 0.364 bits per heavy atom. The third-order valence-electron chi connectivity index (χ3n) is 14.0. The first-order valence-electron chi connectivity index (χ1n) is 29.8. The van der Waals surface area contributed by atoms with Crippen LogP contribution in [0.4, 0.5) is 0 Å². The summed E-state index contributed by atoms with van der Waals surface area (Å²) >= 11 is 0. The predicted molar refractivity (Wildman–Crippen MR) is 291 cm³/mol. The molecule has 0 aliphatic rings. The second-order valence-electron chi connectivity index (χ2n) is 20.5. The van der Waals surface area contributed by atoms with Crippen LogP contribution >= 0.6 is 0 Å². The van der Waals surface area contributed by atoms with E-state index < -0.39 is 24.2 Å². The van der Waals surface area contributed by atoms with Gasteiger partial charge in [-0.05, 0) is 44.9 Å². The minimum Gasteiger partial charge on any atom is -0.394 e. The second kappa shape index (κ2) is 56.2. The summed E-state index contributed by atoms with van der Waals surface area (Å²) < 4.78 is 0. The van der Waals surface area contributed by atoms with Gasteiger partial charge in [0, 0.05) is 0 Å². The van der Waals surface area contributed by atoms with E-state index in [0.717, 1.165) is 44.9 Å². The van der Waals surface area contributed by atoms with Crippen molar-refractivity contribution in [2.75, 3.05) is 6.61 Å². The summed E-state index contributed by atoms with van der Waals surface area (Å²) in [5.41, 5.74) is 0. The molecule has 3 atom stereocenters. The highest BCUT2D eigenvalue weighted by atomic mass is 16.3. The first-order valence-corrected chi connectivity index (χ1v) is 29.8. The lowest BCUT2D eigenvalue weighted by Crippen LogP contribution is -2.48. The Morgan fingerprint density at radius 3 is 0.924 bits per heavy atom. The minimum atomic E-state index is -1.11. The van der Waals surface area contributed by atoms with E-state index in [9.17, 15) is 20.1 Å². The van der Waals surface area contributed by atoms with E-state index in [0.29, 0.717) is 6.42 Å². The highest BCUT2D eigenvalue weighted by Gasteiger charge is 2.22. The number of carbonyl (C=O) groups is 1. The van der Waals surface area contributed by atoms with Crippen molar-refractivity contribution in [2.24, 2.45) is 0 Å². The van der Waals surface area contributed by atoms with E-state index in [1.807, 2.05) is 6.08 Å². The molecule has 0 aromatic rings. The van der Waals surface area contributed by atoms with Crippen LogP contribution in [0.15, 0.2) is 36.5 Å². The Hall–Kier alpha value is -1.43. The van der Waals surface area contributed by atoms with Crippen molar-refractivity contribution in [3.8, 4) is 0 Å². The molecule has 0 fully saturated rings. The van der Waals surface area contributed by atoms with Gasteiger partial charge in [0.05, 0.1) is 18.8 Å². The normalized spacial score (nSPS) is 13.5. The molecule has 5 heteroatoms. The number of nitrogens with one attached hydrogen (secondary N) is 1. The highest BCUT2D eigenvalue weighted by Crippen LogP contribution is 2.18. The van der Waals surface area contributed by atoms with Crippen LogP contribution in [0.2, 0.25) is 0 Å². The first-order chi connectivity index (χ1) is 32.6. The van der Waals surface area contributed by atoms with Crippen LogP contribution in [0.25, 0.3) is 0 Å². The monoisotopic (exact) mass is 928 g/mol. The summed E-state index contributed by atoms with van der Waals surface area (Å²) in [4.78, 5) is 12.6. The average molecular weight is 929 g/mol. The van der Waals surface area contributed by atoms with E-state index in [2.05, 4.69) is 43.5 Å². The van der Waals surface area contributed by atoms with Gasteiger partial charge in [-0.25, -0.2) is 0 Å². The molecule has 3 unspecified atom stereocenters. The molecule has 0 bridgehead atoms. The number of allylic oxidation sites excluding steroid dienone is 5. The van der Waals surface area contributed by atoms with Crippen LogP contribution in [0.1, 0.15) is 322 Å². The van der Waals surface area contributed by atoms with Gasteiger partial charge in [-0.15, -0.1) is 0 Å². The SMILES string of the molecule is CCCCCCCCCCCCCC/C=C/CC/C=C/CC/C=C/C(O)C(CO)NC(=O)C(O)CCCCCCCCCCCCCCCCCCCCCCCCCCCCCCCC. The Labute approximate surface area is 413 Å². The molecule has 0 saturated carbocycles. The molecule has 0 radical (unpaired) electrons. The summed E-state index contributed by atoms with van der Waals surface area (Å²) in [5, 5.41) is 33.4. The number of aliphatic hydroxyl groups is 3. The third-order valence-corrected chi connectivity index (χ3v) is 14.0. The van der Waals surface area contributed by atoms with Gasteiger partial charge in [-0.1, -0.05) is 314 Å². The quantitative estimate of drug-likeness (QED) is 0.0361. The minimum absolute atomic E-state index is 0.379. The van der Waals surface area contributed by atoms with E-state index in [1.54, 1.807) is 6.08 Å². The van der Waals surface area contributed by atoms with Crippen molar-refractivity contribution >= 4 is 5.91 Å². The zero-order valence-corrected chi connectivity index (χ0v) is 44.6. The topological polar surface area (TPSA) is 89.8 Å². The van der Waals surface area contributed by atoms with Crippen LogP contribution in [0.3, 0.4) is 0 Å². The average Bonchev–Trinajstić information content (AvgIpc) is 3.32. The van der Waals surface area contributed by atoms with Gasteiger partial charge in [0.15, 0.2) is 0 Å². The van der Waals surface area contributed by atoms with Crippen molar-refractivity contribution < 1.29 is 20.1 Å². The Morgan fingerprint density at radius 2 is 0.621 bits per heavy atom. The van der Waals surface area contributed by atoms with Crippen LogP contribution < -0.4 is 5.32 Å². The van der Waals surface area contributed by atoms with E-state index in [1.165, 1.54) is 257 Å². The molecule has 66 heavy (non-hydrogen) atoms. The van der Waals surface area contributed by atoms with E-state index in [4.69, 9.17) is 0 Å². The summed E-state index contributed by atoms with van der Waals surface area (Å²) in [6, 6.07) is -0.820. The molecule has 0 aliphatic heterocycles. The van der Waals surface area contributed by atoms with Gasteiger partial charge in [0.25, 0.3) is 0 Å². The van der Waals surface area contributed by atoms with Crippen molar-refractivity contribution in [2.45, 2.75) is 340 Å². The highest BCUT2D eigenvalue weighted by molar-refractivity contribution is 5.80. The molecule has 0 spiro atoms. The van der Waals surface area contributed by atoms with E-state index >= 15 is 0 Å². The maximum atomic E-state index is 12.6. The largest absolute Gasteiger partial charge is 0.394 e. The lowest BCUT2D eigenvalue weighted by atomic mass is 10.0. The standard InChI is InChI=1S/C61H117NO4/c1-3-5-7-9-11-13-15-17-19-21-23-25-27-28-29-30-31-32-33-34-36-38-40-42-44-46-48-50-52-54-56-60(65)61(66)62-58(57-63)59(64)55-53-51-49-47-45-43-41-39-37-35-26-24-22-20-18-16-14-12-10-8-6-4-2/h37,39,45,47,53,55,58-60,63-65H,3-36,38,40-44,46,48-52,54,56-57H2,1-2H3,(H,62,66)/b39-37+,47-45+,55-53+. The lowest BCUT2D eigenvalue weighted by Gasteiger charge is -2.21. The third kappa shape index (κ3) is 50.4. The Kier molecular flexibility index (Phi) is 54.9. The van der Waals surface area contributed by atoms with Crippen molar-refractivity contribution in [1.29, 1.82) is 0 Å². The molecule has 4 N–H and O–H groups in total. The molecule has 0 aromatic heterocycles. The fourth-order valence-corrected chi connectivity index (χ4v) is 9.34. The van der Waals surface area contributed by atoms with Crippen LogP contribution in [-0.2, 0) is 4.79 Å². The van der Waals surface area contributed by atoms with Crippen molar-refractivity contribution in [3.63, 3.8) is 0 Å². The van der Waals surface area contributed by atoms with Gasteiger partial charge in [-0.2, -0.15) is 0 Å². The van der Waals surface area contributed by atoms with Gasteiger partial charge < -0.3 is 20.6 Å². The number of hydrogen-bond acceptors (Lipinski definition) is 4. The maximum absolute atomic E-state index is 12.6. The van der Waals surface area contributed by atoms with Crippen molar-refractivity contribution in [3.05, 3.63) is 36.5 Å². The first kappa shape index (κ1) is 64.6. The number of amides is 1. The number of rotatable bonds is 55. The Bertz CT molecular complexity index is 1020. The number of aliphatic hydroxyl groups excluding tert-OH is 3. The molecule has 5 nitrogen and oxygen atoms in total. The molecule has 1 amide bonds. The zero-order chi connectivity index (χ0) is 47.9. The van der Waals surface area contributed by atoms with Crippen LogP contribution in [0.5, 0.6) is 0 Å². The fraction of sp³-hybridized carbons (Fsp3) is 0.885. The summed E-state index contributed by atoms with van der Waals surface area (Å²) in [6.07, 6.45) is 73.9. The zero-order valence-electron chi connectivity index (χ0n) is 44.6. The molecule has 0 heterocycles. The number of carbonyl (C=O) groups excluding carboxylic acids is 1. The van der Waals surface area contributed by atoms with Crippen LogP contribution in [-0.4, -0.2) is 46.1 Å². The van der Waals surface area contributed by atoms with Gasteiger partial charge in [0.1, 0.15) is 6.10 Å². The van der Waals surface area contributed by atoms with E-state index in [-0.39, 0.29) is 6.61 Å². The summed E-state index contributed by atoms with van der Waals surface area (Å²) in [7, 11) is 0. The van der Waals surface area contributed by atoms with Gasteiger partial charge in [-0.3, -0.25) is 4.79 Å². The predicted octanol–water partition coefficient (Wildman–Crippen LogP) is 18.6. The molecular weight excluding hydrogens is 811 g/mol. The van der Waals surface area contributed by atoms with Gasteiger partial charge in [0.2, 0.25) is 5.91 Å². The molecule has 0 aliphatic carbocycles. The van der Waals surface area contributed by atoms with Crippen LogP contribution in [0, 0.1) is 0 Å². The van der Waals surface area contributed by atoms with Gasteiger partial charge >= 0.3 is 0 Å². The molecule has 0 rings (SSSR count). The number of unbranched alkanes of at least 4 members (excludes halogenated alkanes) is 43. The molecule has 0 aromatic carbocycles. The fourth-order valence-electron chi connectivity index (χ4n) is 9.34. The summed E-state index contributed by atoms with van der Waals surface area (Å²) in [5.74, 6) is -0.511. The summed E-state index contributed by atoms with van der Waals surface area (Å²) in [6.45, 7) is 4.20.